The number of hydrogen-bond acceptors (Lipinski definition) is 4. The first-order chi connectivity index (χ1) is 13.9. The molecule has 3 aromatic carbocycles. The van der Waals surface area contributed by atoms with Gasteiger partial charge < -0.3 is 10.2 Å². The highest BCUT2D eigenvalue weighted by Crippen LogP contribution is 2.25. The highest BCUT2D eigenvalue weighted by Gasteiger charge is 2.26. The van der Waals surface area contributed by atoms with Crippen LogP contribution in [-0.2, 0) is 23.0 Å². The molecule has 0 aromatic heterocycles. The number of aromatic hydroxyl groups is 1. The van der Waals surface area contributed by atoms with Crippen LogP contribution in [0.5, 0.6) is 5.75 Å². The first kappa shape index (κ1) is 20.6. The molecule has 6 nitrogen and oxygen atoms in total. The number of benzene rings is 3. The van der Waals surface area contributed by atoms with Gasteiger partial charge in [-0.15, -0.1) is 0 Å². The van der Waals surface area contributed by atoms with Crippen molar-refractivity contribution in [2.24, 2.45) is 0 Å². The van der Waals surface area contributed by atoms with Crippen molar-refractivity contribution >= 4 is 16.0 Å². The molecule has 0 fully saturated rings. The van der Waals surface area contributed by atoms with Gasteiger partial charge in [0.15, 0.2) is 0 Å². The van der Waals surface area contributed by atoms with E-state index >= 15 is 0 Å². The molecule has 0 aliphatic rings. The van der Waals surface area contributed by atoms with Gasteiger partial charge in [-0.1, -0.05) is 60.7 Å². The number of hydrogen-bond donors (Lipinski definition) is 2. The summed E-state index contributed by atoms with van der Waals surface area (Å²) in [5.41, 5.74) is 1.37. The van der Waals surface area contributed by atoms with E-state index in [-0.39, 0.29) is 18.0 Å². The second-order valence-electron chi connectivity index (χ2n) is 6.54. The number of carbonyl (C=O) groups is 1. The highest BCUT2D eigenvalue weighted by molar-refractivity contribution is 7.89. The predicted molar refractivity (Wildman–Crippen MR) is 109 cm³/mol. The molecule has 150 valence electrons. The fourth-order valence-corrected chi connectivity index (χ4v) is 4.42. The van der Waals surface area contributed by atoms with Crippen molar-refractivity contribution in [2.75, 3.05) is 6.54 Å². The predicted octanol–water partition coefficient (Wildman–Crippen LogP) is 3.52. The summed E-state index contributed by atoms with van der Waals surface area (Å²) in [7, 11) is -3.98. The largest absolute Gasteiger partial charge is 0.507 e. The molecule has 0 bridgehead atoms. The normalized spacial score (nSPS) is 11.5. The van der Waals surface area contributed by atoms with Crippen molar-refractivity contribution in [3.05, 3.63) is 95.6 Å². The van der Waals surface area contributed by atoms with Gasteiger partial charge in [0, 0.05) is 13.1 Å². The Morgan fingerprint density at radius 3 is 2.03 bits per heavy atom. The zero-order chi connectivity index (χ0) is 20.9. The molecule has 0 saturated carbocycles. The molecule has 3 aromatic rings. The summed E-state index contributed by atoms with van der Waals surface area (Å²) in [5.74, 6) is -1.87. The van der Waals surface area contributed by atoms with E-state index in [1.165, 1.54) is 10.4 Å². The van der Waals surface area contributed by atoms with Crippen LogP contribution in [0.15, 0.2) is 83.8 Å². The van der Waals surface area contributed by atoms with Crippen LogP contribution in [0.2, 0.25) is 0 Å². The van der Waals surface area contributed by atoms with Crippen LogP contribution in [0.4, 0.5) is 0 Å². The van der Waals surface area contributed by atoms with Crippen LogP contribution in [0.3, 0.4) is 0 Å². The molecule has 2 N–H and O–H groups in total. The van der Waals surface area contributed by atoms with E-state index in [2.05, 4.69) is 0 Å². The van der Waals surface area contributed by atoms with Gasteiger partial charge in [-0.05, 0) is 35.7 Å². The van der Waals surface area contributed by atoms with Crippen molar-refractivity contribution in [3.63, 3.8) is 0 Å². The van der Waals surface area contributed by atoms with Crippen molar-refractivity contribution < 1.29 is 23.4 Å². The summed E-state index contributed by atoms with van der Waals surface area (Å²) < 4.78 is 27.9. The fourth-order valence-electron chi connectivity index (χ4n) is 2.97. The van der Waals surface area contributed by atoms with Crippen molar-refractivity contribution in [2.45, 2.75) is 17.9 Å². The third-order valence-electron chi connectivity index (χ3n) is 4.53. The van der Waals surface area contributed by atoms with E-state index in [0.717, 1.165) is 23.3 Å². The van der Waals surface area contributed by atoms with Gasteiger partial charge >= 0.3 is 5.97 Å². The molecule has 0 spiro atoms. The average Bonchev–Trinajstić information content (AvgIpc) is 2.72. The topological polar surface area (TPSA) is 94.9 Å². The zero-order valence-electron chi connectivity index (χ0n) is 15.6. The van der Waals surface area contributed by atoms with E-state index in [1.807, 2.05) is 60.7 Å². The molecule has 7 heteroatoms. The lowest BCUT2D eigenvalue weighted by Crippen LogP contribution is -2.32. The first-order valence-electron chi connectivity index (χ1n) is 9.02. The minimum atomic E-state index is -3.98. The maximum atomic E-state index is 13.3. The third-order valence-corrected chi connectivity index (χ3v) is 6.37. The van der Waals surface area contributed by atoms with E-state index in [4.69, 9.17) is 0 Å². The van der Waals surface area contributed by atoms with Crippen LogP contribution >= 0.6 is 0 Å². The molecule has 29 heavy (non-hydrogen) atoms. The van der Waals surface area contributed by atoms with Crippen molar-refractivity contribution in [1.29, 1.82) is 0 Å². The first-order valence-corrected chi connectivity index (χ1v) is 10.5. The van der Waals surface area contributed by atoms with Gasteiger partial charge in [-0.2, -0.15) is 4.31 Å². The Kier molecular flexibility index (Phi) is 6.31. The zero-order valence-corrected chi connectivity index (χ0v) is 16.4. The molecule has 0 amide bonds. The molecule has 0 radical (unpaired) electrons. The Balaban J connectivity index is 1.94. The van der Waals surface area contributed by atoms with Gasteiger partial charge in [0.1, 0.15) is 11.3 Å². The van der Waals surface area contributed by atoms with E-state index in [1.54, 1.807) is 0 Å². The van der Waals surface area contributed by atoms with E-state index in [0.29, 0.717) is 6.42 Å². The Bertz CT molecular complexity index is 1080. The molecule has 3 rings (SSSR count). The maximum absolute atomic E-state index is 13.3. The second-order valence-corrected chi connectivity index (χ2v) is 8.48. The summed E-state index contributed by atoms with van der Waals surface area (Å²) in [6, 6.07) is 22.0. The number of carboxylic acid groups (broad SMARTS) is 1. The van der Waals surface area contributed by atoms with Crippen LogP contribution in [0, 0.1) is 0 Å². The quantitative estimate of drug-likeness (QED) is 0.591. The highest BCUT2D eigenvalue weighted by atomic mass is 32.2. The lowest BCUT2D eigenvalue weighted by atomic mass is 10.1. The molecule has 0 aliphatic heterocycles. The number of aromatic carboxylic acids is 1. The van der Waals surface area contributed by atoms with E-state index < -0.39 is 27.3 Å². The summed E-state index contributed by atoms with van der Waals surface area (Å²) in [5, 5.41) is 18.9. The Labute approximate surface area is 169 Å². The number of nitrogens with zero attached hydrogens (tertiary/aromatic N) is 1. The third kappa shape index (κ3) is 5.01. The molecule has 0 atom stereocenters. The molecule has 0 saturated heterocycles. The van der Waals surface area contributed by atoms with Crippen molar-refractivity contribution in [1.82, 2.24) is 4.31 Å². The lowest BCUT2D eigenvalue weighted by molar-refractivity contribution is 0.0693. The van der Waals surface area contributed by atoms with Crippen LogP contribution < -0.4 is 0 Å². The van der Waals surface area contributed by atoms with Gasteiger partial charge in [0.25, 0.3) is 0 Å². The Morgan fingerprint density at radius 1 is 0.862 bits per heavy atom. The van der Waals surface area contributed by atoms with Crippen molar-refractivity contribution in [3.8, 4) is 5.75 Å². The maximum Gasteiger partial charge on any atom is 0.339 e. The summed E-state index contributed by atoms with van der Waals surface area (Å²) in [6.07, 6.45) is 0.511. The van der Waals surface area contributed by atoms with Gasteiger partial charge in [0.2, 0.25) is 10.0 Å². The second kappa shape index (κ2) is 8.89. The Morgan fingerprint density at radius 2 is 1.45 bits per heavy atom. The molecular weight excluding hydrogens is 390 g/mol. The van der Waals surface area contributed by atoms with E-state index in [9.17, 15) is 23.4 Å². The average molecular weight is 411 g/mol. The number of phenols is 1. The standard InChI is InChI=1S/C22H21NO5S/c24-21-12-11-19(15-20(21)22(25)26)29(27,28)23(16-18-9-5-2-6-10-18)14-13-17-7-3-1-4-8-17/h1-12,15,24H,13-14,16H2,(H,25,26). The number of rotatable bonds is 8. The molecular formula is C22H21NO5S. The molecule has 0 aliphatic carbocycles. The van der Waals surface area contributed by atoms with Gasteiger partial charge in [0.05, 0.1) is 4.90 Å². The number of sulfonamides is 1. The summed E-state index contributed by atoms with van der Waals surface area (Å²) in [4.78, 5) is 11.1. The van der Waals surface area contributed by atoms with Crippen LogP contribution in [-0.4, -0.2) is 35.5 Å². The van der Waals surface area contributed by atoms with Gasteiger partial charge in [-0.3, -0.25) is 0 Å². The minimum absolute atomic E-state index is 0.152. The van der Waals surface area contributed by atoms with Crippen LogP contribution in [0.1, 0.15) is 21.5 Å². The molecule has 0 unspecified atom stereocenters. The summed E-state index contributed by atoms with van der Waals surface area (Å²) in [6.45, 7) is 0.379. The minimum Gasteiger partial charge on any atom is -0.507 e. The SMILES string of the molecule is O=C(O)c1cc(S(=O)(=O)N(CCc2ccccc2)Cc2ccccc2)ccc1O. The fraction of sp³-hybridized carbons (Fsp3) is 0.136. The monoisotopic (exact) mass is 411 g/mol. The summed E-state index contributed by atoms with van der Waals surface area (Å²) >= 11 is 0. The number of carboxylic acids is 1. The lowest BCUT2D eigenvalue weighted by Gasteiger charge is -2.23. The van der Waals surface area contributed by atoms with Gasteiger partial charge in [-0.25, -0.2) is 13.2 Å². The molecule has 0 heterocycles. The smallest absolute Gasteiger partial charge is 0.339 e. The Hall–Kier alpha value is -3.16. The van der Waals surface area contributed by atoms with Crippen LogP contribution in [0.25, 0.3) is 0 Å².